The van der Waals surface area contributed by atoms with E-state index in [1.807, 2.05) is 0 Å². The van der Waals surface area contributed by atoms with E-state index in [4.69, 9.17) is 10.2 Å². The second-order valence-electron chi connectivity index (χ2n) is 2.33. The first kappa shape index (κ1) is 12.6. The minimum Gasteiger partial charge on any atom is -0.544 e. The molecule has 0 fully saturated rings. The molecule has 64 valence electrons. The van der Waals surface area contributed by atoms with E-state index in [-0.39, 0.29) is 35.1 Å². The molecule has 1 aromatic rings. The van der Waals surface area contributed by atoms with Gasteiger partial charge in [0.15, 0.2) is 0 Å². The third-order valence-electron chi connectivity index (χ3n) is 1.46. The number of benzene rings is 1. The first-order valence-corrected chi connectivity index (χ1v) is 3.27. The Kier molecular flexibility index (Phi) is 4.60. The Morgan fingerprint density at radius 3 is 2.08 bits per heavy atom. The van der Waals surface area contributed by atoms with E-state index in [0.29, 0.717) is 0 Å². The molecule has 1 rings (SSSR count). The summed E-state index contributed by atoms with van der Waals surface area (Å²) in [4.78, 5) is 10.2. The number of carboxylic acid groups (broad SMARTS) is 1. The molecule has 0 saturated carbocycles. The molecule has 13 heavy (non-hydrogen) atoms. The van der Waals surface area contributed by atoms with Gasteiger partial charge < -0.3 is 20.1 Å². The van der Waals surface area contributed by atoms with Gasteiger partial charge in [-0.25, -0.2) is 0 Å². The van der Waals surface area contributed by atoms with Crippen LogP contribution in [0, 0.1) is 0 Å². The van der Waals surface area contributed by atoms with E-state index in [0.717, 1.165) is 0 Å². The van der Waals surface area contributed by atoms with Crippen LogP contribution in [-0.2, 0) is 10.6 Å². The monoisotopic (exact) mass is 190 g/mol. The molecule has 0 amide bonds. The summed E-state index contributed by atoms with van der Waals surface area (Å²) in [6.07, 6.45) is 0. The number of hydrogen-bond acceptors (Lipinski definition) is 4. The Hall–Kier alpha value is -0.390. The van der Waals surface area contributed by atoms with Gasteiger partial charge in [0.1, 0.15) is 5.97 Å². The predicted molar refractivity (Wildman–Crippen MR) is 37.6 cm³/mol. The van der Waals surface area contributed by atoms with E-state index in [2.05, 4.69) is 0 Å². The summed E-state index contributed by atoms with van der Waals surface area (Å²) in [6.45, 7) is 0. The molecule has 2 N–H and O–H groups in total. The number of hydrogen-bond donors (Lipinski definition) is 2. The summed E-state index contributed by atoms with van der Waals surface area (Å²) in [5, 5.41) is 28.1. The minimum absolute atomic E-state index is 0. The molecule has 0 aliphatic rings. The minimum atomic E-state index is -2.90. The van der Waals surface area contributed by atoms with Gasteiger partial charge >= 0.3 is 29.6 Å². The van der Waals surface area contributed by atoms with Gasteiger partial charge in [-0.1, -0.05) is 30.3 Å². The van der Waals surface area contributed by atoms with Crippen LogP contribution in [0.4, 0.5) is 0 Å². The number of carbonyl (C=O) groups is 1. The molecule has 5 heteroatoms. The molecule has 1 aromatic carbocycles. The van der Waals surface area contributed by atoms with Gasteiger partial charge in [-0.3, -0.25) is 0 Å². The zero-order valence-corrected chi connectivity index (χ0v) is 9.10. The average molecular weight is 190 g/mol. The average Bonchev–Trinajstić information content (AvgIpc) is 2.06. The first-order valence-electron chi connectivity index (χ1n) is 3.27. The number of rotatable bonds is 2. The fraction of sp³-hybridized carbons (Fsp3) is 0.125. The van der Waals surface area contributed by atoms with Crippen LogP contribution in [0.1, 0.15) is 5.56 Å². The van der Waals surface area contributed by atoms with Gasteiger partial charge in [0.2, 0.25) is 5.79 Å². The van der Waals surface area contributed by atoms with E-state index in [1.54, 1.807) is 6.07 Å². The number of carboxylic acids is 1. The molecule has 0 aliphatic carbocycles. The summed E-state index contributed by atoms with van der Waals surface area (Å²) >= 11 is 0. The van der Waals surface area contributed by atoms with Crippen molar-refractivity contribution in [3.63, 3.8) is 0 Å². The second kappa shape index (κ2) is 4.74. The molecule has 0 aliphatic heterocycles. The quantitative estimate of drug-likeness (QED) is 0.364. The topological polar surface area (TPSA) is 80.6 Å². The third kappa shape index (κ3) is 2.79. The summed E-state index contributed by atoms with van der Waals surface area (Å²) in [5.41, 5.74) is -0.120. The molecule has 0 saturated heterocycles. The number of carbonyl (C=O) groups excluding carboxylic acids is 1. The van der Waals surface area contributed by atoms with Crippen molar-refractivity contribution in [1.29, 1.82) is 0 Å². The fourth-order valence-corrected chi connectivity index (χ4v) is 0.788. The SMILES string of the molecule is O=C([O-])C(O)(O)c1ccccc1.[Na+]. The van der Waals surface area contributed by atoms with Crippen LogP contribution < -0.4 is 34.7 Å². The van der Waals surface area contributed by atoms with Crippen molar-refractivity contribution in [2.75, 3.05) is 0 Å². The normalized spacial score (nSPS) is 10.3. The van der Waals surface area contributed by atoms with Gasteiger partial charge in [0.05, 0.1) is 0 Å². The number of aliphatic hydroxyl groups is 2. The molecular formula is C8H7NaO4. The summed E-state index contributed by atoms with van der Waals surface area (Å²) in [5.74, 6) is -4.84. The van der Waals surface area contributed by atoms with Gasteiger partial charge in [-0.15, -0.1) is 0 Å². The van der Waals surface area contributed by atoms with Gasteiger partial charge in [0.25, 0.3) is 0 Å². The van der Waals surface area contributed by atoms with Crippen LogP contribution in [0.2, 0.25) is 0 Å². The maximum Gasteiger partial charge on any atom is 1.00 e. The number of aliphatic carboxylic acids is 1. The van der Waals surface area contributed by atoms with Crippen molar-refractivity contribution in [3.8, 4) is 0 Å². The molecule has 0 bridgehead atoms. The molecule has 0 atom stereocenters. The maximum atomic E-state index is 10.2. The Bertz CT molecular complexity index is 283. The van der Waals surface area contributed by atoms with Crippen molar-refractivity contribution in [3.05, 3.63) is 35.9 Å². The molecule has 0 radical (unpaired) electrons. The molecular weight excluding hydrogens is 183 g/mol. The fourth-order valence-electron chi connectivity index (χ4n) is 0.788. The summed E-state index contributed by atoms with van der Waals surface area (Å²) < 4.78 is 0. The largest absolute Gasteiger partial charge is 1.00 e. The van der Waals surface area contributed by atoms with Gasteiger partial charge in [-0.2, -0.15) is 0 Å². The molecule has 0 unspecified atom stereocenters. The smallest absolute Gasteiger partial charge is 0.544 e. The Morgan fingerprint density at radius 2 is 1.69 bits per heavy atom. The van der Waals surface area contributed by atoms with E-state index in [9.17, 15) is 9.90 Å². The maximum absolute atomic E-state index is 10.2. The van der Waals surface area contributed by atoms with E-state index < -0.39 is 11.8 Å². The molecule has 4 nitrogen and oxygen atoms in total. The standard InChI is InChI=1S/C8H8O4.Na/c9-7(10)8(11,12)6-4-2-1-3-5-6;/h1-5,11-12H,(H,9,10);/q;+1/p-1. The Morgan fingerprint density at radius 1 is 1.23 bits per heavy atom. The zero-order chi connectivity index (χ0) is 9.19. The van der Waals surface area contributed by atoms with Crippen LogP contribution in [0.3, 0.4) is 0 Å². The van der Waals surface area contributed by atoms with Crippen molar-refractivity contribution in [2.45, 2.75) is 5.79 Å². The van der Waals surface area contributed by atoms with Crippen molar-refractivity contribution in [2.24, 2.45) is 0 Å². The zero-order valence-electron chi connectivity index (χ0n) is 7.10. The van der Waals surface area contributed by atoms with Gasteiger partial charge in [0, 0.05) is 5.56 Å². The van der Waals surface area contributed by atoms with Crippen LogP contribution in [0.15, 0.2) is 30.3 Å². The van der Waals surface area contributed by atoms with E-state index in [1.165, 1.54) is 24.3 Å². The van der Waals surface area contributed by atoms with Crippen LogP contribution in [-0.4, -0.2) is 16.2 Å². The third-order valence-corrected chi connectivity index (χ3v) is 1.46. The van der Waals surface area contributed by atoms with Crippen molar-refractivity contribution >= 4 is 5.97 Å². The summed E-state index contributed by atoms with van der Waals surface area (Å²) in [7, 11) is 0. The molecule has 0 spiro atoms. The van der Waals surface area contributed by atoms with E-state index >= 15 is 0 Å². The Balaban J connectivity index is 0.00000144. The van der Waals surface area contributed by atoms with Crippen LogP contribution >= 0.6 is 0 Å². The predicted octanol–water partition coefficient (Wildman–Crippen LogP) is -4.42. The molecule has 0 aromatic heterocycles. The van der Waals surface area contributed by atoms with Crippen molar-refractivity contribution < 1.29 is 49.7 Å². The van der Waals surface area contributed by atoms with Crippen LogP contribution in [0.5, 0.6) is 0 Å². The van der Waals surface area contributed by atoms with Crippen molar-refractivity contribution in [1.82, 2.24) is 0 Å². The Labute approximate surface area is 97.1 Å². The summed E-state index contributed by atoms with van der Waals surface area (Å²) in [6, 6.07) is 7.21. The van der Waals surface area contributed by atoms with Crippen LogP contribution in [0.25, 0.3) is 0 Å². The van der Waals surface area contributed by atoms with Gasteiger partial charge in [-0.05, 0) is 0 Å². The first-order chi connectivity index (χ1) is 5.55. The molecule has 0 heterocycles. The second-order valence-corrected chi connectivity index (χ2v) is 2.33.